The average molecular weight is 343 g/mol. The van der Waals surface area contributed by atoms with E-state index in [0.717, 1.165) is 30.5 Å². The number of carbonyl (C=O) groups excluding carboxylic acids is 2. The van der Waals surface area contributed by atoms with Gasteiger partial charge in [-0.05, 0) is 63.6 Å². The van der Waals surface area contributed by atoms with Gasteiger partial charge < -0.3 is 15.5 Å². The first-order chi connectivity index (χ1) is 12.0. The highest BCUT2D eigenvalue weighted by molar-refractivity contribution is 5.93. The summed E-state index contributed by atoms with van der Waals surface area (Å²) in [6.07, 6.45) is 4.73. The van der Waals surface area contributed by atoms with E-state index in [1.54, 1.807) is 0 Å². The van der Waals surface area contributed by atoms with E-state index in [0.29, 0.717) is 25.0 Å². The number of fused-ring (bicyclic) bond motifs is 1. The Labute approximate surface area is 150 Å². The number of likely N-dealkylation sites (tertiary alicyclic amines) is 1. The molecule has 0 unspecified atom stereocenters. The van der Waals surface area contributed by atoms with Crippen LogP contribution in [-0.4, -0.2) is 35.3 Å². The second-order valence-corrected chi connectivity index (χ2v) is 7.50. The van der Waals surface area contributed by atoms with Crippen molar-refractivity contribution in [3.63, 3.8) is 0 Å². The molecule has 0 saturated carbocycles. The van der Waals surface area contributed by atoms with Gasteiger partial charge in [0.25, 0.3) is 0 Å². The van der Waals surface area contributed by atoms with Crippen LogP contribution in [0.2, 0.25) is 0 Å². The van der Waals surface area contributed by atoms with E-state index >= 15 is 0 Å². The summed E-state index contributed by atoms with van der Waals surface area (Å²) >= 11 is 0. The highest BCUT2D eigenvalue weighted by atomic mass is 16.2. The molecule has 2 aliphatic rings. The summed E-state index contributed by atoms with van der Waals surface area (Å²) in [4.78, 5) is 26.1. The lowest BCUT2D eigenvalue weighted by Crippen LogP contribution is -2.50. The fourth-order valence-electron chi connectivity index (χ4n) is 4.04. The number of nitrogens with one attached hydrogen (secondary N) is 2. The largest absolute Gasteiger partial charge is 0.336 e. The molecule has 0 bridgehead atoms. The molecule has 2 aliphatic heterocycles. The molecule has 1 aromatic carbocycles. The Morgan fingerprint density at radius 1 is 1.28 bits per heavy atom. The van der Waals surface area contributed by atoms with Crippen molar-refractivity contribution in [2.45, 2.75) is 71.0 Å². The van der Waals surface area contributed by atoms with E-state index in [4.69, 9.17) is 0 Å². The third-order valence-corrected chi connectivity index (χ3v) is 5.57. The molecule has 0 aromatic heterocycles. The molecule has 25 heavy (non-hydrogen) atoms. The number of carbonyl (C=O) groups is 2. The van der Waals surface area contributed by atoms with Crippen LogP contribution < -0.4 is 10.6 Å². The lowest BCUT2D eigenvalue weighted by Gasteiger charge is -2.39. The summed E-state index contributed by atoms with van der Waals surface area (Å²) in [5, 5.41) is 6.28. The van der Waals surface area contributed by atoms with E-state index in [2.05, 4.69) is 37.5 Å². The molecule has 1 aromatic rings. The van der Waals surface area contributed by atoms with Crippen LogP contribution in [0.4, 0.5) is 5.69 Å². The summed E-state index contributed by atoms with van der Waals surface area (Å²) < 4.78 is 0. The number of piperidine rings is 1. The van der Waals surface area contributed by atoms with Gasteiger partial charge in [-0.2, -0.15) is 0 Å². The van der Waals surface area contributed by atoms with Crippen molar-refractivity contribution in [2.24, 2.45) is 0 Å². The first kappa shape index (κ1) is 17.9. The van der Waals surface area contributed by atoms with Crippen LogP contribution in [0.25, 0.3) is 0 Å². The summed E-state index contributed by atoms with van der Waals surface area (Å²) in [6.45, 7) is 6.74. The fraction of sp³-hybridized carbons (Fsp3) is 0.600. The van der Waals surface area contributed by atoms with Crippen molar-refractivity contribution in [3.05, 3.63) is 29.3 Å². The van der Waals surface area contributed by atoms with Crippen LogP contribution in [0.5, 0.6) is 0 Å². The SMILES string of the molecule is C[C@@H]1CCC[C@H](C)N1C(=O)CN[C@H](C)c1ccc2c(c1)CCC(=O)N2. The van der Waals surface area contributed by atoms with Crippen LogP contribution in [-0.2, 0) is 16.0 Å². The monoisotopic (exact) mass is 343 g/mol. The van der Waals surface area contributed by atoms with Gasteiger partial charge in [-0.3, -0.25) is 9.59 Å². The summed E-state index contributed by atoms with van der Waals surface area (Å²) in [5.41, 5.74) is 3.25. The van der Waals surface area contributed by atoms with Crippen LogP contribution in [0.1, 0.15) is 63.6 Å². The minimum atomic E-state index is 0.0850. The zero-order chi connectivity index (χ0) is 18.0. The lowest BCUT2D eigenvalue weighted by atomic mass is 9.97. The Balaban J connectivity index is 1.60. The maximum Gasteiger partial charge on any atom is 0.237 e. The minimum Gasteiger partial charge on any atom is -0.336 e. The molecule has 5 heteroatoms. The number of amides is 2. The number of aryl methyl sites for hydroxylation is 1. The van der Waals surface area contributed by atoms with Crippen molar-refractivity contribution in [3.8, 4) is 0 Å². The quantitative estimate of drug-likeness (QED) is 0.883. The molecule has 1 saturated heterocycles. The molecule has 0 aliphatic carbocycles. The summed E-state index contributed by atoms with van der Waals surface area (Å²) in [5.74, 6) is 0.276. The number of nitrogens with zero attached hydrogens (tertiary/aromatic N) is 1. The molecule has 3 atom stereocenters. The van der Waals surface area contributed by atoms with Crippen molar-refractivity contribution in [2.75, 3.05) is 11.9 Å². The zero-order valence-electron chi connectivity index (χ0n) is 15.5. The lowest BCUT2D eigenvalue weighted by molar-refractivity contribution is -0.136. The van der Waals surface area contributed by atoms with E-state index in [-0.39, 0.29) is 17.9 Å². The van der Waals surface area contributed by atoms with Gasteiger partial charge in [0.1, 0.15) is 0 Å². The molecule has 2 N–H and O–H groups in total. The van der Waals surface area contributed by atoms with Crippen molar-refractivity contribution >= 4 is 17.5 Å². The molecule has 2 amide bonds. The predicted molar refractivity (Wildman–Crippen MR) is 99.4 cm³/mol. The molecule has 2 heterocycles. The van der Waals surface area contributed by atoms with Gasteiger partial charge >= 0.3 is 0 Å². The highest BCUT2D eigenvalue weighted by Gasteiger charge is 2.28. The standard InChI is InChI=1S/C20H29N3O2/c1-13-5-4-6-14(2)23(13)20(25)12-21-15(3)16-7-9-18-17(11-16)8-10-19(24)22-18/h7,9,11,13-15,21H,4-6,8,10,12H2,1-3H3,(H,22,24)/t13-,14+,15-/m1/s1. The number of anilines is 1. The van der Waals surface area contributed by atoms with Crippen LogP contribution in [0.15, 0.2) is 18.2 Å². The zero-order valence-corrected chi connectivity index (χ0v) is 15.5. The molecule has 0 spiro atoms. The second kappa shape index (κ2) is 7.56. The van der Waals surface area contributed by atoms with Crippen molar-refractivity contribution in [1.82, 2.24) is 10.2 Å². The summed E-state index contributed by atoms with van der Waals surface area (Å²) in [6, 6.07) is 6.90. The van der Waals surface area contributed by atoms with Crippen molar-refractivity contribution in [1.29, 1.82) is 0 Å². The molecule has 136 valence electrons. The van der Waals surface area contributed by atoms with Crippen LogP contribution in [0, 0.1) is 0 Å². The molecule has 0 radical (unpaired) electrons. The van der Waals surface area contributed by atoms with E-state index in [9.17, 15) is 9.59 Å². The maximum atomic E-state index is 12.6. The van der Waals surface area contributed by atoms with Crippen LogP contribution >= 0.6 is 0 Å². The molecule has 3 rings (SSSR count). The van der Waals surface area contributed by atoms with Gasteiger partial charge in [-0.15, -0.1) is 0 Å². The molecular formula is C20H29N3O2. The van der Waals surface area contributed by atoms with Gasteiger partial charge in [0.05, 0.1) is 6.54 Å². The van der Waals surface area contributed by atoms with Gasteiger partial charge in [-0.1, -0.05) is 12.1 Å². The van der Waals surface area contributed by atoms with Crippen LogP contribution in [0.3, 0.4) is 0 Å². The molecular weight excluding hydrogens is 314 g/mol. The van der Waals surface area contributed by atoms with E-state index in [1.807, 2.05) is 17.0 Å². The summed E-state index contributed by atoms with van der Waals surface area (Å²) in [7, 11) is 0. The Hall–Kier alpha value is -1.88. The Morgan fingerprint density at radius 2 is 2.00 bits per heavy atom. The minimum absolute atomic E-state index is 0.0850. The Kier molecular flexibility index (Phi) is 5.42. The third kappa shape index (κ3) is 4.03. The van der Waals surface area contributed by atoms with Crippen molar-refractivity contribution < 1.29 is 9.59 Å². The second-order valence-electron chi connectivity index (χ2n) is 7.50. The van der Waals surface area contributed by atoms with E-state index < -0.39 is 0 Å². The molecule has 5 nitrogen and oxygen atoms in total. The number of hydrogen-bond acceptors (Lipinski definition) is 3. The normalized spacial score (nSPS) is 24.4. The maximum absolute atomic E-state index is 12.6. The van der Waals surface area contributed by atoms with Gasteiger partial charge in [-0.25, -0.2) is 0 Å². The fourth-order valence-corrected chi connectivity index (χ4v) is 4.04. The van der Waals surface area contributed by atoms with Gasteiger partial charge in [0.2, 0.25) is 11.8 Å². The van der Waals surface area contributed by atoms with Gasteiger partial charge in [0, 0.05) is 30.2 Å². The smallest absolute Gasteiger partial charge is 0.237 e. The predicted octanol–water partition coefficient (Wildman–Crippen LogP) is 3.01. The molecule has 1 fully saturated rings. The topological polar surface area (TPSA) is 61.4 Å². The third-order valence-electron chi connectivity index (χ3n) is 5.57. The first-order valence-electron chi connectivity index (χ1n) is 9.43. The average Bonchev–Trinajstić information content (AvgIpc) is 2.59. The Morgan fingerprint density at radius 3 is 2.72 bits per heavy atom. The Bertz CT molecular complexity index is 648. The first-order valence-corrected chi connectivity index (χ1v) is 9.43. The highest BCUT2D eigenvalue weighted by Crippen LogP contribution is 2.26. The van der Waals surface area contributed by atoms with E-state index in [1.165, 1.54) is 12.0 Å². The number of hydrogen-bond donors (Lipinski definition) is 2. The van der Waals surface area contributed by atoms with Gasteiger partial charge in [0.15, 0.2) is 0 Å². The number of rotatable bonds is 4. The number of benzene rings is 1.